The molecule has 1 aliphatic heterocycles. The van der Waals surface area contributed by atoms with Crippen LogP contribution in [0.4, 0.5) is 5.69 Å². The van der Waals surface area contributed by atoms with Crippen LogP contribution in [0.3, 0.4) is 0 Å². The summed E-state index contributed by atoms with van der Waals surface area (Å²) < 4.78 is 31.9. The van der Waals surface area contributed by atoms with E-state index in [1.54, 1.807) is 0 Å². The van der Waals surface area contributed by atoms with Gasteiger partial charge in [-0.3, -0.25) is 9.59 Å². The molecule has 1 heterocycles. The normalized spacial score (nSPS) is 15.0. The van der Waals surface area contributed by atoms with Gasteiger partial charge in [0.15, 0.2) is 0 Å². The topological polar surface area (TPSA) is 103 Å². The van der Waals surface area contributed by atoms with Crippen molar-refractivity contribution in [2.24, 2.45) is 0 Å². The zero-order chi connectivity index (χ0) is 11.2. The van der Waals surface area contributed by atoms with E-state index in [1.165, 1.54) is 6.07 Å². The molecule has 0 saturated carbocycles. The second kappa shape index (κ2) is 2.88. The number of hydrogen-bond donors (Lipinski definition) is 1. The maximum absolute atomic E-state index is 11.2. The van der Waals surface area contributed by atoms with Gasteiger partial charge in [-0.05, 0) is 18.2 Å². The van der Waals surface area contributed by atoms with Crippen molar-refractivity contribution in [2.45, 2.75) is 4.90 Å². The van der Waals surface area contributed by atoms with Crippen LogP contribution in [0.1, 0.15) is 10.4 Å². The first kappa shape index (κ1) is 9.81. The summed E-state index contributed by atoms with van der Waals surface area (Å²) in [4.78, 5) is 21.5. The van der Waals surface area contributed by atoms with E-state index in [1.807, 2.05) is 0 Å². The number of hydrogen-bond acceptors (Lipinski definition) is 5. The Labute approximate surface area is 84.7 Å². The molecule has 0 fully saturated rings. The Morgan fingerprint density at radius 3 is 2.47 bits per heavy atom. The molecular weight excluding hydrogens is 222 g/mol. The molecule has 2 rings (SSSR count). The molecule has 0 saturated heterocycles. The first-order valence-corrected chi connectivity index (χ1v) is 5.26. The number of nitrogens with one attached hydrogen (secondary N) is 1. The summed E-state index contributed by atoms with van der Waals surface area (Å²) in [6.07, 6.45) is 0. The molecule has 1 N–H and O–H groups in total. The molecule has 78 valence electrons. The van der Waals surface area contributed by atoms with Crippen LogP contribution in [0.15, 0.2) is 23.1 Å². The van der Waals surface area contributed by atoms with Gasteiger partial charge in [-0.25, -0.2) is 8.42 Å². The molecule has 1 aromatic carbocycles. The Hall–Kier alpha value is -1.73. The van der Waals surface area contributed by atoms with E-state index in [2.05, 4.69) is 5.32 Å². The maximum Gasteiger partial charge on any atom is 0.296 e. The predicted octanol–water partition coefficient (Wildman–Crippen LogP) is -0.274. The van der Waals surface area contributed by atoms with Crippen LogP contribution in [-0.4, -0.2) is 24.7 Å². The zero-order valence-corrected chi connectivity index (χ0v) is 8.00. The van der Waals surface area contributed by atoms with Crippen molar-refractivity contribution in [3.63, 3.8) is 0 Å². The number of anilines is 1. The molecule has 0 radical (unpaired) electrons. The van der Waals surface area contributed by atoms with Gasteiger partial charge in [0.25, 0.3) is 11.7 Å². The molecule has 15 heavy (non-hydrogen) atoms. The van der Waals surface area contributed by atoms with Crippen molar-refractivity contribution in [1.29, 1.82) is 0 Å². The molecule has 0 aromatic heterocycles. The molecule has 0 spiro atoms. The van der Waals surface area contributed by atoms with E-state index in [0.717, 1.165) is 12.1 Å². The highest BCUT2D eigenvalue weighted by atomic mass is 32.2. The number of benzene rings is 1. The van der Waals surface area contributed by atoms with Gasteiger partial charge in [0.1, 0.15) is 10.1 Å². The van der Waals surface area contributed by atoms with E-state index in [0.29, 0.717) is 0 Å². The summed E-state index contributed by atoms with van der Waals surface area (Å²) in [5, 5.41) is 2.24. The quantitative estimate of drug-likeness (QED) is 0.524. The number of rotatable bonds is 1. The molecule has 1 aliphatic rings. The van der Waals surface area contributed by atoms with E-state index in [-0.39, 0.29) is 11.3 Å². The molecule has 0 atom stereocenters. The number of amides is 1. The zero-order valence-electron chi connectivity index (χ0n) is 7.18. The molecule has 0 bridgehead atoms. The lowest BCUT2D eigenvalue weighted by Gasteiger charge is -2.07. The summed E-state index contributed by atoms with van der Waals surface area (Å²) in [6.45, 7) is 0. The van der Waals surface area contributed by atoms with Crippen LogP contribution in [-0.2, 0) is 14.9 Å². The van der Waals surface area contributed by atoms with Crippen molar-refractivity contribution >= 4 is 27.5 Å². The summed E-state index contributed by atoms with van der Waals surface area (Å²) in [6, 6.07) is 3.15. The first-order chi connectivity index (χ1) is 6.89. The van der Waals surface area contributed by atoms with Crippen LogP contribution in [0.5, 0.6) is 0 Å². The van der Waals surface area contributed by atoms with Gasteiger partial charge in [0.05, 0.1) is 16.1 Å². The third kappa shape index (κ3) is 1.51. The largest absolute Gasteiger partial charge is 0.744 e. The molecule has 6 nitrogen and oxygen atoms in total. The van der Waals surface area contributed by atoms with Gasteiger partial charge < -0.3 is 9.87 Å². The Kier molecular flexibility index (Phi) is 1.88. The fourth-order valence-corrected chi connectivity index (χ4v) is 1.77. The Morgan fingerprint density at radius 2 is 1.87 bits per heavy atom. The number of fused-ring (bicyclic) bond motifs is 1. The summed E-state index contributed by atoms with van der Waals surface area (Å²) >= 11 is 0. The highest BCUT2D eigenvalue weighted by Gasteiger charge is 2.28. The number of Topliss-reactive ketones (excluding diaryl/α,β-unsaturated/α-hetero) is 1. The van der Waals surface area contributed by atoms with E-state index in [9.17, 15) is 22.6 Å². The van der Waals surface area contributed by atoms with Gasteiger partial charge in [0.2, 0.25) is 0 Å². The van der Waals surface area contributed by atoms with Crippen LogP contribution in [0.2, 0.25) is 0 Å². The highest BCUT2D eigenvalue weighted by Crippen LogP contribution is 2.25. The minimum atomic E-state index is -4.61. The lowest BCUT2D eigenvalue weighted by molar-refractivity contribution is -0.112. The Bertz CT molecular complexity index is 575. The molecule has 0 aliphatic carbocycles. The van der Waals surface area contributed by atoms with E-state index < -0.39 is 26.7 Å². The van der Waals surface area contributed by atoms with Gasteiger partial charge >= 0.3 is 0 Å². The van der Waals surface area contributed by atoms with Gasteiger partial charge in [0, 0.05) is 0 Å². The monoisotopic (exact) mass is 226 g/mol. The fourth-order valence-electron chi connectivity index (χ4n) is 1.28. The summed E-state index contributed by atoms with van der Waals surface area (Å²) in [7, 11) is -4.61. The van der Waals surface area contributed by atoms with Gasteiger partial charge in [-0.2, -0.15) is 0 Å². The molecule has 1 amide bonds. The van der Waals surface area contributed by atoms with Crippen molar-refractivity contribution in [3.8, 4) is 0 Å². The lowest BCUT2D eigenvalue weighted by Crippen LogP contribution is -2.12. The molecule has 7 heteroatoms. The third-order valence-electron chi connectivity index (χ3n) is 1.98. The molecular formula is C8H4NO5S-. The predicted molar refractivity (Wildman–Crippen MR) is 47.4 cm³/mol. The minimum Gasteiger partial charge on any atom is -0.744 e. The average molecular weight is 226 g/mol. The lowest BCUT2D eigenvalue weighted by atomic mass is 10.1. The number of ketones is 1. The van der Waals surface area contributed by atoms with Crippen LogP contribution >= 0.6 is 0 Å². The summed E-state index contributed by atoms with van der Waals surface area (Å²) in [5.74, 6) is -1.67. The first-order valence-electron chi connectivity index (χ1n) is 3.85. The molecule has 0 unspecified atom stereocenters. The minimum absolute atomic E-state index is 0.0862. The second-order valence-corrected chi connectivity index (χ2v) is 4.32. The van der Waals surface area contributed by atoms with Crippen molar-refractivity contribution in [2.75, 3.05) is 5.32 Å². The van der Waals surface area contributed by atoms with E-state index >= 15 is 0 Å². The molecule has 1 aromatic rings. The maximum atomic E-state index is 11.2. The highest BCUT2D eigenvalue weighted by molar-refractivity contribution is 7.85. The fraction of sp³-hybridized carbons (Fsp3) is 0. The number of carbonyl (C=O) groups excluding carboxylic acids is 2. The standard InChI is InChI=1S/C8H5NO5S/c10-7-5-3-4(15(12,13)14)1-2-6(5)9-8(7)11/h1-3H,(H,9,10,11)(H,12,13,14)/p-1. The van der Waals surface area contributed by atoms with Crippen LogP contribution < -0.4 is 5.32 Å². The Balaban J connectivity index is 2.64. The van der Waals surface area contributed by atoms with E-state index in [4.69, 9.17) is 0 Å². The van der Waals surface area contributed by atoms with Crippen molar-refractivity contribution in [1.82, 2.24) is 0 Å². The Morgan fingerprint density at radius 1 is 1.20 bits per heavy atom. The van der Waals surface area contributed by atoms with Crippen LogP contribution in [0.25, 0.3) is 0 Å². The second-order valence-electron chi connectivity index (χ2n) is 2.94. The number of carbonyl (C=O) groups is 2. The third-order valence-corrected chi connectivity index (χ3v) is 2.81. The van der Waals surface area contributed by atoms with Crippen LogP contribution in [0, 0.1) is 0 Å². The van der Waals surface area contributed by atoms with Crippen molar-refractivity contribution in [3.05, 3.63) is 23.8 Å². The summed E-state index contributed by atoms with van der Waals surface area (Å²) in [5.41, 5.74) is 0.134. The van der Waals surface area contributed by atoms with Gasteiger partial charge in [-0.1, -0.05) is 0 Å². The smallest absolute Gasteiger partial charge is 0.296 e. The van der Waals surface area contributed by atoms with Gasteiger partial charge in [-0.15, -0.1) is 0 Å². The average Bonchev–Trinajstić information content (AvgIpc) is 2.41. The SMILES string of the molecule is O=C1Nc2ccc(S(=O)(=O)[O-])cc2C1=O. The van der Waals surface area contributed by atoms with Crippen molar-refractivity contribution < 1.29 is 22.6 Å².